The van der Waals surface area contributed by atoms with Gasteiger partial charge in [0.1, 0.15) is 5.82 Å². The van der Waals surface area contributed by atoms with Gasteiger partial charge in [-0.05, 0) is 29.8 Å². The summed E-state index contributed by atoms with van der Waals surface area (Å²) in [5.41, 5.74) is 10.3. The van der Waals surface area contributed by atoms with Gasteiger partial charge in [0.05, 0.1) is 43.5 Å². The van der Waals surface area contributed by atoms with Crippen LogP contribution < -0.4 is 20.7 Å². The van der Waals surface area contributed by atoms with Gasteiger partial charge in [-0.25, -0.2) is 15.2 Å². The summed E-state index contributed by atoms with van der Waals surface area (Å²) in [6.45, 7) is 10.1. The molecule has 2 aromatic rings. The maximum absolute atomic E-state index is 14.4. The molecule has 10 nitrogen and oxygen atoms in total. The highest BCUT2D eigenvalue weighted by Gasteiger charge is 2.24. The Bertz CT molecular complexity index is 1300. The van der Waals surface area contributed by atoms with E-state index in [2.05, 4.69) is 50.2 Å². The molecule has 2 fully saturated rings. The lowest BCUT2D eigenvalue weighted by Gasteiger charge is -2.29. The lowest BCUT2D eigenvalue weighted by molar-refractivity contribution is -0.122. The predicted molar refractivity (Wildman–Crippen MR) is 156 cm³/mol. The summed E-state index contributed by atoms with van der Waals surface area (Å²) in [6.07, 6.45) is 0.885. The molecule has 2 atom stereocenters. The van der Waals surface area contributed by atoms with Crippen molar-refractivity contribution < 1.29 is 23.5 Å². The first-order valence-electron chi connectivity index (χ1n) is 14.2. The number of amides is 2. The smallest absolute Gasteiger partial charge is 0.240 e. The average Bonchev–Trinajstić information content (AvgIpc) is 2.99. The molecule has 2 unspecified atom stereocenters. The Morgan fingerprint density at radius 1 is 0.732 bits per heavy atom. The van der Waals surface area contributed by atoms with Crippen LogP contribution in [0.15, 0.2) is 52.7 Å². The lowest BCUT2D eigenvalue weighted by Crippen LogP contribution is -2.37. The fourth-order valence-corrected chi connectivity index (χ4v) is 5.40. The number of ether oxygens (including phenoxy) is 2. The summed E-state index contributed by atoms with van der Waals surface area (Å²) < 4.78 is 25.0. The highest BCUT2D eigenvalue weighted by atomic mass is 19.1. The molecule has 0 bridgehead atoms. The van der Waals surface area contributed by atoms with Gasteiger partial charge in [0.25, 0.3) is 0 Å². The van der Waals surface area contributed by atoms with Crippen molar-refractivity contribution in [3.63, 3.8) is 0 Å². The van der Waals surface area contributed by atoms with E-state index in [0.29, 0.717) is 44.8 Å². The van der Waals surface area contributed by atoms with Crippen molar-refractivity contribution >= 4 is 34.6 Å². The van der Waals surface area contributed by atoms with Crippen LogP contribution in [-0.4, -0.2) is 75.8 Å². The molecule has 41 heavy (non-hydrogen) atoms. The third kappa shape index (κ3) is 7.09. The third-order valence-electron chi connectivity index (χ3n) is 7.65. The molecule has 0 aliphatic carbocycles. The quantitative estimate of drug-likeness (QED) is 0.592. The van der Waals surface area contributed by atoms with Crippen LogP contribution in [0.4, 0.5) is 15.8 Å². The monoisotopic (exact) mass is 564 g/mol. The molecule has 6 rings (SSSR count). The summed E-state index contributed by atoms with van der Waals surface area (Å²) in [6, 6.07) is 13.5. The first-order chi connectivity index (χ1) is 19.9. The molecule has 2 amide bonds. The van der Waals surface area contributed by atoms with Crippen molar-refractivity contribution in [3.05, 3.63) is 59.4 Å². The number of anilines is 2. The number of nitrogens with one attached hydrogen (secondary N) is 2. The van der Waals surface area contributed by atoms with Crippen LogP contribution in [0.1, 0.15) is 37.8 Å². The SMILES string of the molecule is CC1CC(=O)NN=C1c1ccc(N2CCOCC2)c(F)c1.CC1CC(=O)NN=C1c1ccc(N2CCOCC2)cc1. The zero-order valence-electron chi connectivity index (χ0n) is 23.6. The van der Waals surface area contributed by atoms with Gasteiger partial charge in [0, 0.05) is 62.1 Å². The number of nitrogens with zero attached hydrogens (tertiary/aromatic N) is 4. The van der Waals surface area contributed by atoms with E-state index in [4.69, 9.17) is 9.47 Å². The Hall–Kier alpha value is -3.83. The molecule has 0 aromatic heterocycles. The Morgan fingerprint density at radius 3 is 1.73 bits per heavy atom. The van der Waals surface area contributed by atoms with Crippen LogP contribution in [0.3, 0.4) is 0 Å². The normalized spacial score (nSPS) is 23.0. The number of halogens is 1. The fourth-order valence-electron chi connectivity index (χ4n) is 5.40. The zero-order valence-corrected chi connectivity index (χ0v) is 23.6. The van der Waals surface area contributed by atoms with E-state index in [-0.39, 0.29) is 29.5 Å². The molecule has 0 saturated carbocycles. The molecular formula is C30H37FN6O4. The molecule has 218 valence electrons. The number of benzene rings is 2. The number of rotatable bonds is 4. The highest BCUT2D eigenvalue weighted by molar-refractivity contribution is 6.06. The van der Waals surface area contributed by atoms with Crippen LogP contribution in [0.2, 0.25) is 0 Å². The van der Waals surface area contributed by atoms with Crippen LogP contribution in [0.25, 0.3) is 0 Å². The molecule has 2 aromatic carbocycles. The second-order valence-corrected chi connectivity index (χ2v) is 10.7. The fraction of sp³-hybridized carbons (Fsp3) is 0.467. The Kier molecular flexibility index (Phi) is 9.25. The number of hydrogen-bond acceptors (Lipinski definition) is 8. The lowest BCUT2D eigenvalue weighted by atomic mass is 9.94. The van der Waals surface area contributed by atoms with Crippen LogP contribution >= 0.6 is 0 Å². The van der Waals surface area contributed by atoms with Crippen molar-refractivity contribution in [3.8, 4) is 0 Å². The summed E-state index contributed by atoms with van der Waals surface area (Å²) >= 11 is 0. The van der Waals surface area contributed by atoms with E-state index >= 15 is 0 Å². The zero-order chi connectivity index (χ0) is 28.8. The van der Waals surface area contributed by atoms with Gasteiger partial charge in [0.2, 0.25) is 11.8 Å². The summed E-state index contributed by atoms with van der Waals surface area (Å²) in [5, 5.41) is 8.25. The molecule has 0 spiro atoms. The minimum absolute atomic E-state index is 0.00705. The Morgan fingerprint density at radius 2 is 1.22 bits per heavy atom. The largest absolute Gasteiger partial charge is 0.378 e. The summed E-state index contributed by atoms with van der Waals surface area (Å²) in [5.74, 6) is -0.214. The number of carbonyl (C=O) groups excluding carboxylic acids is 2. The molecule has 2 N–H and O–H groups in total. The molecule has 4 aliphatic heterocycles. The summed E-state index contributed by atoms with van der Waals surface area (Å²) in [4.78, 5) is 26.8. The number of hydrazone groups is 2. The summed E-state index contributed by atoms with van der Waals surface area (Å²) in [7, 11) is 0. The topological polar surface area (TPSA) is 108 Å². The Balaban J connectivity index is 0.000000165. The molecule has 11 heteroatoms. The van der Waals surface area contributed by atoms with Gasteiger partial charge in [-0.1, -0.05) is 32.0 Å². The third-order valence-corrected chi connectivity index (χ3v) is 7.65. The molecule has 4 aliphatic rings. The van der Waals surface area contributed by atoms with E-state index in [1.165, 1.54) is 11.8 Å². The van der Waals surface area contributed by atoms with Crippen molar-refractivity contribution in [2.45, 2.75) is 26.7 Å². The van der Waals surface area contributed by atoms with Gasteiger partial charge in [-0.3, -0.25) is 9.59 Å². The number of hydrogen-bond donors (Lipinski definition) is 2. The van der Waals surface area contributed by atoms with Crippen LogP contribution in [0, 0.1) is 17.7 Å². The first-order valence-corrected chi connectivity index (χ1v) is 14.2. The molecule has 2 saturated heterocycles. The number of carbonyl (C=O) groups is 2. The van der Waals surface area contributed by atoms with Crippen molar-refractivity contribution in [2.75, 3.05) is 62.4 Å². The molecule has 4 heterocycles. The standard InChI is InChI=1S/C15H18FN3O2.C15H19N3O2/c1-10-8-14(20)17-18-15(10)11-2-3-13(12(16)9-11)19-4-6-21-7-5-19;1-11-10-14(19)16-17-15(11)12-2-4-13(5-3-12)18-6-8-20-9-7-18/h2-3,9-10H,4-8H2,1H3,(H,17,20);2-5,11H,6-10H2,1H3,(H,16,19). The van der Waals surface area contributed by atoms with E-state index in [9.17, 15) is 14.0 Å². The van der Waals surface area contributed by atoms with E-state index in [1.807, 2.05) is 24.8 Å². The highest BCUT2D eigenvalue weighted by Crippen LogP contribution is 2.25. The second kappa shape index (κ2) is 13.2. The van der Waals surface area contributed by atoms with Crippen LogP contribution in [-0.2, 0) is 19.1 Å². The van der Waals surface area contributed by atoms with E-state index in [1.54, 1.807) is 6.07 Å². The van der Waals surface area contributed by atoms with Crippen molar-refractivity contribution in [2.24, 2.45) is 22.0 Å². The van der Waals surface area contributed by atoms with E-state index in [0.717, 1.165) is 48.9 Å². The first kappa shape index (κ1) is 28.7. The van der Waals surface area contributed by atoms with Gasteiger partial charge >= 0.3 is 0 Å². The van der Waals surface area contributed by atoms with Gasteiger partial charge in [-0.15, -0.1) is 0 Å². The maximum Gasteiger partial charge on any atom is 0.240 e. The van der Waals surface area contributed by atoms with Crippen LogP contribution in [0.5, 0.6) is 0 Å². The number of morpholine rings is 2. The predicted octanol–water partition coefficient (Wildman–Crippen LogP) is 2.91. The molecule has 0 radical (unpaired) electrons. The average molecular weight is 565 g/mol. The van der Waals surface area contributed by atoms with Gasteiger partial charge in [0.15, 0.2) is 0 Å². The Labute approximate surface area is 239 Å². The van der Waals surface area contributed by atoms with Gasteiger partial charge in [-0.2, -0.15) is 10.2 Å². The minimum Gasteiger partial charge on any atom is -0.378 e. The maximum atomic E-state index is 14.4. The van der Waals surface area contributed by atoms with Gasteiger partial charge < -0.3 is 19.3 Å². The molecular weight excluding hydrogens is 527 g/mol. The van der Waals surface area contributed by atoms with E-state index < -0.39 is 0 Å². The van der Waals surface area contributed by atoms with Crippen molar-refractivity contribution in [1.82, 2.24) is 10.9 Å². The van der Waals surface area contributed by atoms with Crippen molar-refractivity contribution in [1.29, 1.82) is 0 Å². The second-order valence-electron chi connectivity index (χ2n) is 10.7. The minimum atomic E-state index is -0.263.